The van der Waals surface area contributed by atoms with Gasteiger partial charge in [-0.2, -0.15) is 0 Å². The highest BCUT2D eigenvalue weighted by atomic mass is 16.6. The molecule has 0 aliphatic carbocycles. The number of likely N-dealkylation sites (tertiary alicyclic amines) is 1. The standard InChI is InChI=1S/C62H99N11O16/c1-15-37(8)51(46(86-13)31-47(74)73-30-20-24-45(73)53(87-14)38(9)54(76)66-39(10)52(75)41-21-17-16-18-22-41)71(11)58(80)49(35(4)5)69-57(79)50(36(6)7)72(12)62(85)89-32-40-25-27-42(28-26-40)67-55(77)44(23-19-29-65-60(64)83)68-56(78)48(34(2)3)70-61(84)88-33-43(63)59(81)82/h16-18,21-22,25-28,34-39,43-46,48-53,75H,15,19-20,23-24,29-33,63H2,1-14H3,(H,66,76)(H,67,77)(H,68,78)(H,69,79)(H,70,84)(H,81,82)(H3,64,65,83)/t37-,38+,39+,43-,44-,45-,46+,48-,49-,50-,51-,52+,53+/m0/s1. The van der Waals surface area contributed by atoms with E-state index < -0.39 is 145 Å². The van der Waals surface area contributed by atoms with E-state index >= 15 is 0 Å². The van der Waals surface area contributed by atoms with Crippen LogP contribution in [0.1, 0.15) is 125 Å². The molecule has 0 spiro atoms. The third-order valence-corrected chi connectivity index (χ3v) is 16.2. The van der Waals surface area contributed by atoms with Gasteiger partial charge in [-0.3, -0.25) is 38.5 Å². The zero-order valence-electron chi connectivity index (χ0n) is 54.1. The number of benzene rings is 2. The zero-order valence-corrected chi connectivity index (χ0v) is 54.1. The van der Waals surface area contributed by atoms with E-state index in [-0.39, 0.29) is 50.1 Å². The van der Waals surface area contributed by atoms with Crippen molar-refractivity contribution in [3.63, 3.8) is 0 Å². The summed E-state index contributed by atoms with van der Waals surface area (Å²) in [5, 5.41) is 35.9. The average Bonchev–Trinajstić information content (AvgIpc) is 2.44. The Morgan fingerprint density at radius 3 is 1.92 bits per heavy atom. The smallest absolute Gasteiger partial charge is 0.410 e. The summed E-state index contributed by atoms with van der Waals surface area (Å²) in [5.41, 5.74) is 12.1. The number of urea groups is 1. The van der Waals surface area contributed by atoms with Gasteiger partial charge >= 0.3 is 24.2 Å². The Labute approximate surface area is 523 Å². The van der Waals surface area contributed by atoms with Crippen molar-refractivity contribution in [2.45, 2.75) is 181 Å². The second-order valence-electron chi connectivity index (χ2n) is 23.9. The molecule has 0 aromatic heterocycles. The van der Waals surface area contributed by atoms with E-state index in [1.807, 2.05) is 32.0 Å². The molecule has 0 saturated carbocycles. The van der Waals surface area contributed by atoms with Crippen molar-refractivity contribution >= 4 is 65.3 Å². The fraction of sp³-hybridized carbons (Fsp3) is 0.645. The highest BCUT2D eigenvalue weighted by Crippen LogP contribution is 2.30. The second kappa shape index (κ2) is 36.8. The SMILES string of the molecule is CC[C@H](C)[C@@H]([C@@H](CC(=O)N1CCC[C@H]1[C@H](OC)[C@@H](C)C(=O)N[C@H](C)[C@@H](O)c1ccccc1)OC)N(C)C(=O)[C@@H](NC(=O)[C@H](C(C)C)N(C)C(=O)OCc1ccc(NC(=O)[C@H](CCCNC(N)=O)NC(=O)[C@@H](NC(=O)OC[C@H](N)C(=O)O)C(C)C)cc1)C(C)C. The number of carbonyl (C=O) groups is 10. The number of nitrogens with two attached hydrogens (primary N) is 2. The topological polar surface area (TPSA) is 382 Å². The molecule has 12 N–H and O–H groups in total. The largest absolute Gasteiger partial charge is 0.480 e. The highest BCUT2D eigenvalue weighted by molar-refractivity contribution is 5.98. The van der Waals surface area contributed by atoms with E-state index in [2.05, 4.69) is 31.9 Å². The predicted octanol–water partition coefficient (Wildman–Crippen LogP) is 3.61. The summed E-state index contributed by atoms with van der Waals surface area (Å²) >= 11 is 0. The van der Waals surface area contributed by atoms with E-state index in [9.17, 15) is 53.1 Å². The number of primary amides is 1. The Morgan fingerprint density at radius 2 is 1.37 bits per heavy atom. The predicted molar refractivity (Wildman–Crippen MR) is 331 cm³/mol. The minimum atomic E-state index is -1.49. The first-order valence-electron chi connectivity index (χ1n) is 30.4. The van der Waals surface area contributed by atoms with Gasteiger partial charge in [-0.15, -0.1) is 0 Å². The number of amides is 10. The van der Waals surface area contributed by atoms with Crippen molar-refractivity contribution < 1.29 is 77.1 Å². The number of nitrogens with zero attached hydrogens (tertiary/aromatic N) is 3. The summed E-state index contributed by atoms with van der Waals surface area (Å²) in [4.78, 5) is 137. The molecule has 1 fully saturated rings. The van der Waals surface area contributed by atoms with Gasteiger partial charge in [0.15, 0.2) is 0 Å². The molecule has 1 aliphatic heterocycles. The van der Waals surface area contributed by atoms with Gasteiger partial charge in [-0.25, -0.2) is 14.4 Å². The molecule has 498 valence electrons. The van der Waals surface area contributed by atoms with Gasteiger partial charge in [0.2, 0.25) is 35.4 Å². The summed E-state index contributed by atoms with van der Waals surface area (Å²) in [6, 6.07) is 6.73. The number of aliphatic carboxylic acids is 1. The Kier molecular flexibility index (Phi) is 31.2. The molecule has 1 aliphatic rings. The number of methoxy groups -OCH3 is 2. The van der Waals surface area contributed by atoms with Crippen molar-refractivity contribution in [2.75, 3.05) is 53.3 Å². The van der Waals surface area contributed by atoms with Crippen LogP contribution in [-0.4, -0.2) is 193 Å². The molecule has 27 heteroatoms. The maximum absolute atomic E-state index is 14.8. The number of ether oxygens (including phenoxy) is 4. The van der Waals surface area contributed by atoms with Crippen LogP contribution in [0.2, 0.25) is 0 Å². The van der Waals surface area contributed by atoms with Crippen molar-refractivity contribution in [1.29, 1.82) is 0 Å². The fourth-order valence-electron chi connectivity index (χ4n) is 10.8. The third-order valence-electron chi connectivity index (χ3n) is 16.2. The fourth-order valence-corrected chi connectivity index (χ4v) is 10.8. The molecule has 2 aromatic carbocycles. The van der Waals surface area contributed by atoms with Crippen LogP contribution in [0.5, 0.6) is 0 Å². The number of carbonyl (C=O) groups excluding carboxylic acids is 9. The number of aliphatic hydroxyl groups is 1. The van der Waals surface area contributed by atoms with Gasteiger partial charge in [0.25, 0.3) is 0 Å². The monoisotopic (exact) mass is 1250 g/mol. The maximum atomic E-state index is 14.8. The Morgan fingerprint density at radius 1 is 0.742 bits per heavy atom. The maximum Gasteiger partial charge on any atom is 0.410 e. The zero-order chi connectivity index (χ0) is 67.0. The minimum Gasteiger partial charge on any atom is -0.480 e. The molecule has 0 radical (unpaired) electrons. The minimum absolute atomic E-state index is 0.0210. The molecule has 89 heavy (non-hydrogen) atoms. The van der Waals surface area contributed by atoms with E-state index in [1.165, 1.54) is 38.3 Å². The summed E-state index contributed by atoms with van der Waals surface area (Å²) in [5.74, 6) is -6.70. The van der Waals surface area contributed by atoms with E-state index in [0.29, 0.717) is 42.6 Å². The first kappa shape index (κ1) is 75.6. The molecule has 2 aromatic rings. The second-order valence-corrected chi connectivity index (χ2v) is 23.9. The molecule has 0 unspecified atom stereocenters. The van der Waals surface area contributed by atoms with Crippen LogP contribution in [0.4, 0.5) is 20.1 Å². The van der Waals surface area contributed by atoms with Crippen LogP contribution in [0.25, 0.3) is 0 Å². The lowest BCUT2D eigenvalue weighted by molar-refractivity contribution is -0.148. The number of likely N-dealkylation sites (N-methyl/N-ethyl adjacent to an activating group) is 2. The summed E-state index contributed by atoms with van der Waals surface area (Å²) in [6.45, 7) is 17.3. The number of carboxylic acid groups (broad SMARTS) is 1. The average molecular weight is 1250 g/mol. The first-order valence-corrected chi connectivity index (χ1v) is 30.4. The number of rotatable bonds is 35. The summed E-state index contributed by atoms with van der Waals surface area (Å²) in [7, 11) is 6.04. The number of aliphatic hydroxyl groups excluding tert-OH is 1. The van der Waals surface area contributed by atoms with Gasteiger partial charge in [0, 0.05) is 47.1 Å². The van der Waals surface area contributed by atoms with Crippen molar-refractivity contribution in [1.82, 2.24) is 41.3 Å². The van der Waals surface area contributed by atoms with Crippen LogP contribution < -0.4 is 43.4 Å². The van der Waals surface area contributed by atoms with Crippen LogP contribution in [0.3, 0.4) is 0 Å². The lowest BCUT2D eigenvalue weighted by Gasteiger charge is -2.41. The van der Waals surface area contributed by atoms with E-state index in [0.717, 1.165) is 4.90 Å². The molecular weight excluding hydrogens is 1150 g/mol. The Hall–Kier alpha value is -7.62. The molecule has 10 amide bonds. The highest BCUT2D eigenvalue weighted by Gasteiger charge is 2.44. The lowest BCUT2D eigenvalue weighted by Crippen LogP contribution is -2.60. The van der Waals surface area contributed by atoms with Crippen LogP contribution >= 0.6 is 0 Å². The van der Waals surface area contributed by atoms with Crippen LogP contribution in [0, 0.1) is 29.6 Å². The molecule has 1 heterocycles. The van der Waals surface area contributed by atoms with E-state index in [1.54, 1.807) is 91.6 Å². The summed E-state index contributed by atoms with van der Waals surface area (Å²) in [6.07, 6.45) is -2.34. The lowest BCUT2D eigenvalue weighted by atomic mass is 9.89. The number of hydrogen-bond acceptors (Lipinski definition) is 16. The quantitative estimate of drug-likeness (QED) is 0.0441. The van der Waals surface area contributed by atoms with Crippen LogP contribution in [-0.2, 0) is 59.1 Å². The number of alkyl carbamates (subject to hydrolysis) is 1. The van der Waals surface area contributed by atoms with Gasteiger partial charge in [0.1, 0.15) is 43.4 Å². The van der Waals surface area contributed by atoms with Crippen molar-refractivity contribution in [2.24, 2.45) is 41.1 Å². The number of carboxylic acids is 1. The van der Waals surface area contributed by atoms with Gasteiger partial charge < -0.3 is 82.3 Å². The van der Waals surface area contributed by atoms with Gasteiger partial charge in [-0.05, 0) is 79.5 Å². The molecule has 13 atom stereocenters. The van der Waals surface area contributed by atoms with Crippen LogP contribution in [0.15, 0.2) is 54.6 Å². The Balaban J connectivity index is 1.71. The van der Waals surface area contributed by atoms with Crippen molar-refractivity contribution in [3.05, 3.63) is 65.7 Å². The molecule has 27 nitrogen and oxygen atoms in total. The van der Waals surface area contributed by atoms with E-state index in [4.69, 9.17) is 35.5 Å². The normalized spacial score (nSPS) is 17.2. The third kappa shape index (κ3) is 22.7. The van der Waals surface area contributed by atoms with Gasteiger partial charge in [-0.1, -0.05) is 111 Å². The molecule has 3 rings (SSSR count). The molecule has 1 saturated heterocycles. The Bertz CT molecular complexity index is 2650. The number of nitrogens with one attached hydrogen (secondary N) is 6. The number of hydrogen-bond donors (Lipinski definition) is 10. The van der Waals surface area contributed by atoms with Gasteiger partial charge in [0.05, 0.1) is 48.8 Å². The molecular formula is C62H99N11O16. The molecule has 0 bridgehead atoms. The summed E-state index contributed by atoms with van der Waals surface area (Å²) < 4.78 is 22.6. The van der Waals surface area contributed by atoms with Crippen molar-refractivity contribution in [3.8, 4) is 0 Å². The first-order chi connectivity index (χ1) is 41.9. The number of anilines is 1.